The van der Waals surface area contributed by atoms with Crippen LogP contribution in [0.2, 0.25) is 0 Å². The first-order valence-electron chi connectivity index (χ1n) is 7.53. The Morgan fingerprint density at radius 1 is 1.04 bits per heavy atom. The summed E-state index contributed by atoms with van der Waals surface area (Å²) < 4.78 is 15.6. The summed E-state index contributed by atoms with van der Waals surface area (Å²) in [6, 6.07) is 13.1. The van der Waals surface area contributed by atoms with Gasteiger partial charge in [0.05, 0.1) is 12.7 Å². The number of ether oxygens (including phenoxy) is 2. The van der Waals surface area contributed by atoms with E-state index in [0.717, 1.165) is 10.9 Å². The molecular formula is C19H16O5. The van der Waals surface area contributed by atoms with Crippen molar-refractivity contribution in [3.05, 3.63) is 70.1 Å². The third kappa shape index (κ3) is 3.15. The van der Waals surface area contributed by atoms with Crippen LogP contribution in [0.15, 0.2) is 57.7 Å². The van der Waals surface area contributed by atoms with Gasteiger partial charge in [0.1, 0.15) is 17.1 Å². The van der Waals surface area contributed by atoms with Crippen molar-refractivity contribution in [2.24, 2.45) is 0 Å². The summed E-state index contributed by atoms with van der Waals surface area (Å²) in [5, 5.41) is 0.835. The molecule has 0 saturated carbocycles. The minimum Gasteiger partial charge on any atom is -0.497 e. The molecule has 0 aliphatic rings. The summed E-state index contributed by atoms with van der Waals surface area (Å²) in [6.07, 6.45) is 0.715. The second kappa shape index (κ2) is 6.58. The molecule has 0 radical (unpaired) electrons. The molecule has 0 bridgehead atoms. The standard InChI is InChI=1S/C19H16O5/c1-3-12-10-18(20)24-17-11-15(8-9-16(12)17)23-19(21)13-4-6-14(22-2)7-5-13/h4-11H,3H2,1-2H3. The summed E-state index contributed by atoms with van der Waals surface area (Å²) in [7, 11) is 1.56. The smallest absolute Gasteiger partial charge is 0.343 e. The molecule has 2 aromatic carbocycles. The van der Waals surface area contributed by atoms with Gasteiger partial charge in [-0.05, 0) is 48.4 Å². The van der Waals surface area contributed by atoms with E-state index in [-0.39, 0.29) is 0 Å². The first-order chi connectivity index (χ1) is 11.6. The van der Waals surface area contributed by atoms with E-state index < -0.39 is 11.6 Å². The number of carbonyl (C=O) groups excluding carboxylic acids is 1. The van der Waals surface area contributed by atoms with Gasteiger partial charge in [-0.1, -0.05) is 6.92 Å². The van der Waals surface area contributed by atoms with E-state index in [1.54, 1.807) is 49.6 Å². The van der Waals surface area contributed by atoms with Gasteiger partial charge < -0.3 is 13.9 Å². The maximum absolute atomic E-state index is 12.2. The fraction of sp³-hybridized carbons (Fsp3) is 0.158. The second-order valence-electron chi connectivity index (χ2n) is 5.22. The Morgan fingerprint density at radius 3 is 2.42 bits per heavy atom. The highest BCUT2D eigenvalue weighted by molar-refractivity contribution is 5.92. The van der Waals surface area contributed by atoms with Crippen LogP contribution in [0.4, 0.5) is 0 Å². The molecule has 1 heterocycles. The molecule has 3 rings (SSSR count). The Kier molecular flexibility index (Phi) is 4.33. The van der Waals surface area contributed by atoms with E-state index in [4.69, 9.17) is 13.9 Å². The first kappa shape index (κ1) is 15.8. The van der Waals surface area contributed by atoms with Gasteiger partial charge in [0, 0.05) is 17.5 Å². The van der Waals surface area contributed by atoms with E-state index in [0.29, 0.717) is 29.1 Å². The van der Waals surface area contributed by atoms with Crippen molar-refractivity contribution in [2.45, 2.75) is 13.3 Å². The normalized spacial score (nSPS) is 10.6. The van der Waals surface area contributed by atoms with Gasteiger partial charge in [-0.25, -0.2) is 9.59 Å². The minimum absolute atomic E-state index is 0.319. The van der Waals surface area contributed by atoms with E-state index >= 15 is 0 Å². The van der Waals surface area contributed by atoms with Crippen molar-refractivity contribution in [3.63, 3.8) is 0 Å². The molecule has 0 saturated heterocycles. The molecule has 0 aliphatic heterocycles. The van der Waals surface area contributed by atoms with Crippen molar-refractivity contribution < 1.29 is 18.7 Å². The minimum atomic E-state index is -0.494. The maximum atomic E-state index is 12.2. The zero-order valence-corrected chi connectivity index (χ0v) is 13.4. The summed E-state index contributed by atoms with van der Waals surface area (Å²) in [5.74, 6) is 0.483. The van der Waals surface area contributed by atoms with Crippen LogP contribution in [0.5, 0.6) is 11.5 Å². The van der Waals surface area contributed by atoms with Crippen LogP contribution in [-0.2, 0) is 6.42 Å². The van der Waals surface area contributed by atoms with Gasteiger partial charge >= 0.3 is 11.6 Å². The highest BCUT2D eigenvalue weighted by Gasteiger charge is 2.11. The molecule has 0 N–H and O–H groups in total. The average molecular weight is 324 g/mol. The van der Waals surface area contributed by atoms with Crippen LogP contribution in [0.1, 0.15) is 22.8 Å². The molecule has 24 heavy (non-hydrogen) atoms. The van der Waals surface area contributed by atoms with E-state index in [9.17, 15) is 9.59 Å². The SMILES string of the molecule is CCc1cc(=O)oc2cc(OC(=O)c3ccc(OC)cc3)ccc12. The lowest BCUT2D eigenvalue weighted by Gasteiger charge is -2.07. The van der Waals surface area contributed by atoms with Crippen molar-refractivity contribution in [1.29, 1.82) is 0 Å². The van der Waals surface area contributed by atoms with Crippen LogP contribution < -0.4 is 15.1 Å². The number of methoxy groups -OCH3 is 1. The lowest BCUT2D eigenvalue weighted by molar-refractivity contribution is 0.0735. The van der Waals surface area contributed by atoms with Crippen LogP contribution >= 0.6 is 0 Å². The fourth-order valence-corrected chi connectivity index (χ4v) is 2.46. The molecule has 3 aromatic rings. The molecule has 0 atom stereocenters. The Balaban J connectivity index is 1.89. The Labute approximate surface area is 138 Å². The second-order valence-corrected chi connectivity index (χ2v) is 5.22. The largest absolute Gasteiger partial charge is 0.497 e. The van der Waals surface area contributed by atoms with Crippen molar-refractivity contribution in [1.82, 2.24) is 0 Å². The molecule has 5 heteroatoms. The van der Waals surface area contributed by atoms with Crippen LogP contribution in [0.3, 0.4) is 0 Å². The number of rotatable bonds is 4. The molecule has 1 aromatic heterocycles. The summed E-state index contributed by atoms with van der Waals surface area (Å²) >= 11 is 0. The molecular weight excluding hydrogens is 308 g/mol. The monoisotopic (exact) mass is 324 g/mol. The van der Waals surface area contributed by atoms with Gasteiger partial charge in [-0.2, -0.15) is 0 Å². The quantitative estimate of drug-likeness (QED) is 0.417. The predicted molar refractivity (Wildman–Crippen MR) is 89.8 cm³/mol. The zero-order valence-electron chi connectivity index (χ0n) is 13.4. The van der Waals surface area contributed by atoms with Gasteiger partial charge in [-0.3, -0.25) is 0 Å². The predicted octanol–water partition coefficient (Wildman–Crippen LogP) is 3.58. The molecule has 0 amide bonds. The lowest BCUT2D eigenvalue weighted by atomic mass is 10.1. The van der Waals surface area contributed by atoms with E-state index in [1.165, 1.54) is 6.07 Å². The molecule has 0 aliphatic carbocycles. The Morgan fingerprint density at radius 2 is 1.75 bits per heavy atom. The number of esters is 1. The first-order valence-corrected chi connectivity index (χ1v) is 7.53. The number of aryl methyl sites for hydroxylation is 1. The number of fused-ring (bicyclic) bond motifs is 1. The summed E-state index contributed by atoms with van der Waals surface area (Å²) in [6.45, 7) is 1.96. The highest BCUT2D eigenvalue weighted by atomic mass is 16.5. The van der Waals surface area contributed by atoms with Crippen LogP contribution in [0.25, 0.3) is 11.0 Å². The van der Waals surface area contributed by atoms with Gasteiger partial charge in [0.2, 0.25) is 0 Å². The third-order valence-corrected chi connectivity index (χ3v) is 3.72. The number of hydrogen-bond donors (Lipinski definition) is 0. The Bertz CT molecular complexity index is 938. The van der Waals surface area contributed by atoms with Crippen molar-refractivity contribution in [3.8, 4) is 11.5 Å². The van der Waals surface area contributed by atoms with Crippen LogP contribution in [-0.4, -0.2) is 13.1 Å². The van der Waals surface area contributed by atoms with Crippen molar-refractivity contribution in [2.75, 3.05) is 7.11 Å². The summed E-state index contributed by atoms with van der Waals surface area (Å²) in [5.41, 5.74) is 1.28. The van der Waals surface area contributed by atoms with Crippen molar-refractivity contribution >= 4 is 16.9 Å². The topological polar surface area (TPSA) is 65.7 Å². The summed E-state index contributed by atoms with van der Waals surface area (Å²) in [4.78, 5) is 23.8. The maximum Gasteiger partial charge on any atom is 0.343 e. The third-order valence-electron chi connectivity index (χ3n) is 3.72. The van der Waals surface area contributed by atoms with Gasteiger partial charge in [0.15, 0.2) is 0 Å². The molecule has 0 spiro atoms. The molecule has 5 nitrogen and oxygen atoms in total. The van der Waals surface area contributed by atoms with E-state index in [1.807, 2.05) is 6.92 Å². The van der Waals surface area contributed by atoms with Crippen LogP contribution in [0, 0.1) is 0 Å². The lowest BCUT2D eigenvalue weighted by Crippen LogP contribution is -2.08. The molecule has 0 fully saturated rings. The average Bonchev–Trinajstić information content (AvgIpc) is 2.60. The molecule has 122 valence electrons. The van der Waals surface area contributed by atoms with Gasteiger partial charge in [0.25, 0.3) is 0 Å². The number of hydrogen-bond acceptors (Lipinski definition) is 5. The Hall–Kier alpha value is -3.08. The number of carbonyl (C=O) groups is 1. The van der Waals surface area contributed by atoms with E-state index in [2.05, 4.69) is 0 Å². The fourth-order valence-electron chi connectivity index (χ4n) is 2.46. The number of benzene rings is 2. The molecule has 0 unspecified atom stereocenters. The highest BCUT2D eigenvalue weighted by Crippen LogP contribution is 2.24. The zero-order chi connectivity index (χ0) is 17.1. The van der Waals surface area contributed by atoms with Gasteiger partial charge in [-0.15, -0.1) is 0 Å².